The summed E-state index contributed by atoms with van der Waals surface area (Å²) < 4.78 is 6.19. The molecule has 3 N–H and O–H groups in total. The molecule has 158 valence electrons. The normalized spacial score (nSPS) is 12.2. The number of para-hydroxylation sites is 1. The molecule has 3 aromatic rings. The standard InChI is InChI=1S/C17H21NO.C8H8O3/c1-14-8-6-7-11-16(14)19-17(12-13-18-2)15-9-4-3-5-10-15;9-7(8(10)11)6-4-2-1-3-5-6/h3-11,17-18H,12-13H2,1-2H3;1-5,7,9H,(H,10,11). The molecule has 0 aliphatic rings. The van der Waals surface area contributed by atoms with E-state index in [0.29, 0.717) is 5.56 Å². The molecule has 0 saturated heterocycles. The van der Waals surface area contributed by atoms with E-state index in [1.165, 1.54) is 11.1 Å². The Morgan fingerprint density at radius 2 is 1.43 bits per heavy atom. The highest BCUT2D eigenvalue weighted by Crippen LogP contribution is 2.26. The summed E-state index contributed by atoms with van der Waals surface area (Å²) in [6.45, 7) is 3.01. The highest BCUT2D eigenvalue weighted by atomic mass is 16.5. The number of hydrogen-bond acceptors (Lipinski definition) is 4. The van der Waals surface area contributed by atoms with Gasteiger partial charge >= 0.3 is 5.97 Å². The zero-order chi connectivity index (χ0) is 21.8. The Morgan fingerprint density at radius 3 is 1.97 bits per heavy atom. The van der Waals surface area contributed by atoms with Gasteiger partial charge in [-0.05, 0) is 43.3 Å². The average Bonchev–Trinajstić information content (AvgIpc) is 2.79. The van der Waals surface area contributed by atoms with Crippen molar-refractivity contribution < 1.29 is 19.7 Å². The van der Waals surface area contributed by atoms with Gasteiger partial charge in [0, 0.05) is 6.42 Å². The number of carbonyl (C=O) groups is 1. The van der Waals surface area contributed by atoms with Crippen molar-refractivity contribution in [2.45, 2.75) is 25.6 Å². The maximum absolute atomic E-state index is 10.2. The molecule has 0 saturated carbocycles. The molecule has 0 aliphatic heterocycles. The number of nitrogens with one attached hydrogen (secondary N) is 1. The smallest absolute Gasteiger partial charge is 0.337 e. The highest BCUT2D eigenvalue weighted by molar-refractivity contribution is 5.73. The Hall–Kier alpha value is -3.15. The van der Waals surface area contributed by atoms with Crippen molar-refractivity contribution in [1.29, 1.82) is 0 Å². The van der Waals surface area contributed by atoms with Crippen LogP contribution in [-0.4, -0.2) is 29.8 Å². The van der Waals surface area contributed by atoms with Gasteiger partial charge in [-0.15, -0.1) is 0 Å². The van der Waals surface area contributed by atoms with Crippen LogP contribution >= 0.6 is 0 Å². The number of benzene rings is 3. The van der Waals surface area contributed by atoms with Crippen molar-refractivity contribution in [3.05, 3.63) is 102 Å². The van der Waals surface area contributed by atoms with Gasteiger partial charge in [0.05, 0.1) is 0 Å². The second-order valence-corrected chi connectivity index (χ2v) is 6.83. The van der Waals surface area contributed by atoms with Crippen LogP contribution in [0.1, 0.15) is 35.3 Å². The summed E-state index contributed by atoms with van der Waals surface area (Å²) in [5, 5.41) is 20.6. The van der Waals surface area contributed by atoms with Gasteiger partial charge in [0.15, 0.2) is 6.10 Å². The summed E-state index contributed by atoms with van der Waals surface area (Å²) >= 11 is 0. The largest absolute Gasteiger partial charge is 0.485 e. The number of ether oxygens (including phenoxy) is 1. The van der Waals surface area contributed by atoms with Crippen molar-refractivity contribution >= 4 is 5.97 Å². The van der Waals surface area contributed by atoms with Crippen LogP contribution < -0.4 is 10.1 Å². The lowest BCUT2D eigenvalue weighted by Gasteiger charge is -2.20. The number of carboxylic acids is 1. The summed E-state index contributed by atoms with van der Waals surface area (Å²) in [4.78, 5) is 10.2. The molecule has 3 rings (SSSR count). The first-order chi connectivity index (χ1) is 14.5. The van der Waals surface area contributed by atoms with Crippen molar-refractivity contribution in [1.82, 2.24) is 5.32 Å². The van der Waals surface area contributed by atoms with E-state index in [1.807, 2.05) is 31.3 Å². The molecule has 3 aromatic carbocycles. The number of aliphatic carboxylic acids is 1. The van der Waals surface area contributed by atoms with Gasteiger partial charge in [-0.3, -0.25) is 0 Å². The fraction of sp³-hybridized carbons (Fsp3) is 0.240. The maximum Gasteiger partial charge on any atom is 0.337 e. The summed E-state index contributed by atoms with van der Waals surface area (Å²) in [6.07, 6.45) is -0.361. The minimum absolute atomic E-state index is 0.0924. The molecule has 0 aliphatic carbocycles. The van der Waals surface area contributed by atoms with E-state index < -0.39 is 12.1 Å². The quantitative estimate of drug-likeness (QED) is 0.511. The molecule has 5 nitrogen and oxygen atoms in total. The first kappa shape index (κ1) is 23.1. The highest BCUT2D eigenvalue weighted by Gasteiger charge is 2.14. The van der Waals surface area contributed by atoms with E-state index >= 15 is 0 Å². The molecular formula is C25H29NO4. The third kappa shape index (κ3) is 7.35. The molecule has 2 atom stereocenters. The minimum atomic E-state index is -1.41. The number of aliphatic hydroxyl groups excluding tert-OH is 1. The van der Waals surface area contributed by atoms with Gasteiger partial charge in [0.25, 0.3) is 0 Å². The SMILES string of the molecule is CNCCC(Oc1ccccc1C)c1ccccc1.O=C(O)C(O)c1ccccc1. The molecule has 0 amide bonds. The minimum Gasteiger partial charge on any atom is -0.485 e. The molecule has 0 heterocycles. The predicted octanol–water partition coefficient (Wildman–Crippen LogP) is 4.53. The third-order valence-electron chi connectivity index (χ3n) is 4.54. The Morgan fingerprint density at radius 1 is 0.900 bits per heavy atom. The number of aryl methyl sites for hydroxylation is 1. The summed E-state index contributed by atoms with van der Waals surface area (Å²) in [5.74, 6) is -0.261. The van der Waals surface area contributed by atoms with Crippen LogP contribution in [0.2, 0.25) is 0 Å². The number of rotatable bonds is 8. The lowest BCUT2D eigenvalue weighted by molar-refractivity contribution is -0.146. The van der Waals surface area contributed by atoms with Crippen LogP contribution in [0.25, 0.3) is 0 Å². The molecular weight excluding hydrogens is 378 g/mol. The topological polar surface area (TPSA) is 78.8 Å². The van der Waals surface area contributed by atoms with Crippen LogP contribution in [0.5, 0.6) is 5.75 Å². The fourth-order valence-electron chi connectivity index (χ4n) is 2.86. The number of carboxylic acid groups (broad SMARTS) is 1. The fourth-order valence-corrected chi connectivity index (χ4v) is 2.86. The Labute approximate surface area is 178 Å². The van der Waals surface area contributed by atoms with Gasteiger partial charge in [-0.1, -0.05) is 78.9 Å². The second kappa shape index (κ2) is 12.4. The monoisotopic (exact) mass is 407 g/mol. The van der Waals surface area contributed by atoms with Crippen molar-refractivity contribution in [3.8, 4) is 5.75 Å². The summed E-state index contributed by atoms with van der Waals surface area (Å²) in [6, 6.07) is 26.8. The summed E-state index contributed by atoms with van der Waals surface area (Å²) in [7, 11) is 1.97. The van der Waals surface area contributed by atoms with Crippen LogP contribution in [-0.2, 0) is 4.79 Å². The van der Waals surface area contributed by atoms with Crippen molar-refractivity contribution in [2.24, 2.45) is 0 Å². The lowest BCUT2D eigenvalue weighted by atomic mass is 10.1. The second-order valence-electron chi connectivity index (χ2n) is 6.83. The van der Waals surface area contributed by atoms with Crippen molar-refractivity contribution in [2.75, 3.05) is 13.6 Å². The van der Waals surface area contributed by atoms with Crippen LogP contribution in [0.3, 0.4) is 0 Å². The van der Waals surface area contributed by atoms with E-state index in [0.717, 1.165) is 18.7 Å². The van der Waals surface area contributed by atoms with Crippen LogP contribution in [0, 0.1) is 6.92 Å². The Balaban J connectivity index is 0.000000248. The molecule has 0 bridgehead atoms. The van der Waals surface area contributed by atoms with Gasteiger partial charge in [-0.2, -0.15) is 0 Å². The van der Waals surface area contributed by atoms with Gasteiger partial charge in [-0.25, -0.2) is 4.79 Å². The van der Waals surface area contributed by atoms with E-state index in [2.05, 4.69) is 42.6 Å². The van der Waals surface area contributed by atoms with E-state index in [1.54, 1.807) is 30.3 Å². The third-order valence-corrected chi connectivity index (χ3v) is 4.54. The number of aliphatic hydroxyl groups is 1. The van der Waals surface area contributed by atoms with E-state index in [4.69, 9.17) is 14.9 Å². The van der Waals surface area contributed by atoms with Crippen LogP contribution in [0.15, 0.2) is 84.9 Å². The first-order valence-electron chi connectivity index (χ1n) is 9.90. The molecule has 30 heavy (non-hydrogen) atoms. The van der Waals surface area contributed by atoms with Crippen molar-refractivity contribution in [3.63, 3.8) is 0 Å². The molecule has 0 spiro atoms. The van der Waals surface area contributed by atoms with Crippen LogP contribution in [0.4, 0.5) is 0 Å². The van der Waals surface area contributed by atoms with Gasteiger partial charge in [0.2, 0.25) is 0 Å². The Kier molecular flexibility index (Phi) is 9.58. The maximum atomic E-state index is 10.2. The molecule has 2 unspecified atom stereocenters. The average molecular weight is 408 g/mol. The molecule has 5 heteroatoms. The first-order valence-corrected chi connectivity index (χ1v) is 9.90. The van der Waals surface area contributed by atoms with E-state index in [-0.39, 0.29) is 6.10 Å². The predicted molar refractivity (Wildman–Crippen MR) is 119 cm³/mol. The zero-order valence-corrected chi connectivity index (χ0v) is 17.4. The number of hydrogen-bond donors (Lipinski definition) is 3. The molecule has 0 fully saturated rings. The van der Waals surface area contributed by atoms with Gasteiger partial charge < -0.3 is 20.3 Å². The lowest BCUT2D eigenvalue weighted by Crippen LogP contribution is -2.16. The molecule has 0 radical (unpaired) electrons. The molecule has 0 aromatic heterocycles. The van der Waals surface area contributed by atoms with E-state index in [9.17, 15) is 4.79 Å². The zero-order valence-electron chi connectivity index (χ0n) is 17.4. The van der Waals surface area contributed by atoms with Gasteiger partial charge in [0.1, 0.15) is 11.9 Å². The Bertz CT molecular complexity index is 884. The summed E-state index contributed by atoms with van der Waals surface area (Å²) in [5.41, 5.74) is 2.80.